The number of aromatic nitrogens is 2. The van der Waals surface area contributed by atoms with Gasteiger partial charge in [-0.3, -0.25) is 0 Å². The predicted octanol–water partition coefficient (Wildman–Crippen LogP) is 1.08. The molecule has 0 saturated heterocycles. The molecular weight excluding hydrogens is 278 g/mol. The standard InChI is InChI=1S/C13H15N3O3S/c1-20(17,18)11-4-2-10(3-5-11)7-9-19-12-6-8-15-13(14)16-12/h2-6,8H,7,9H2,1H3,(H2,14,15,16). The molecule has 1 aromatic heterocycles. The van der Waals surface area contributed by atoms with Gasteiger partial charge in [-0.25, -0.2) is 13.4 Å². The molecule has 0 bridgehead atoms. The first-order valence-corrected chi connectivity index (χ1v) is 7.84. The Bertz CT molecular complexity index is 684. The lowest BCUT2D eigenvalue weighted by atomic mass is 10.2. The zero-order chi connectivity index (χ0) is 14.6. The second-order valence-corrected chi connectivity index (χ2v) is 6.28. The van der Waals surface area contributed by atoms with Gasteiger partial charge in [0, 0.05) is 24.9 Å². The molecule has 6 nitrogen and oxygen atoms in total. The first kappa shape index (κ1) is 14.3. The Labute approximate surface area is 117 Å². The lowest BCUT2D eigenvalue weighted by Crippen LogP contribution is -2.04. The number of ether oxygens (including phenoxy) is 1. The smallest absolute Gasteiger partial charge is 0.223 e. The third kappa shape index (κ3) is 3.92. The minimum atomic E-state index is -3.15. The van der Waals surface area contributed by atoms with Crippen molar-refractivity contribution in [1.29, 1.82) is 0 Å². The van der Waals surface area contributed by atoms with Crippen LogP contribution in [0.15, 0.2) is 41.4 Å². The summed E-state index contributed by atoms with van der Waals surface area (Å²) in [5, 5.41) is 0. The summed E-state index contributed by atoms with van der Waals surface area (Å²) < 4.78 is 28.1. The van der Waals surface area contributed by atoms with Crippen molar-refractivity contribution in [2.75, 3.05) is 18.6 Å². The number of hydrogen-bond donors (Lipinski definition) is 1. The molecule has 0 aliphatic heterocycles. The minimum Gasteiger partial charge on any atom is -0.477 e. The second-order valence-electron chi connectivity index (χ2n) is 4.27. The highest BCUT2D eigenvalue weighted by atomic mass is 32.2. The maximum absolute atomic E-state index is 11.3. The summed E-state index contributed by atoms with van der Waals surface area (Å²) in [6.45, 7) is 0.425. The Hall–Kier alpha value is -2.15. The van der Waals surface area contributed by atoms with Crippen molar-refractivity contribution in [3.05, 3.63) is 42.1 Å². The van der Waals surface area contributed by atoms with Crippen molar-refractivity contribution >= 4 is 15.8 Å². The number of nitrogen functional groups attached to an aromatic ring is 1. The third-order valence-electron chi connectivity index (χ3n) is 2.64. The Kier molecular flexibility index (Phi) is 4.19. The highest BCUT2D eigenvalue weighted by Gasteiger charge is 2.06. The summed E-state index contributed by atoms with van der Waals surface area (Å²) in [6, 6.07) is 8.35. The van der Waals surface area contributed by atoms with Gasteiger partial charge in [0.2, 0.25) is 11.8 Å². The average Bonchev–Trinajstić information content (AvgIpc) is 2.38. The molecule has 106 valence electrons. The monoisotopic (exact) mass is 293 g/mol. The van der Waals surface area contributed by atoms with Gasteiger partial charge in [0.15, 0.2) is 9.84 Å². The average molecular weight is 293 g/mol. The van der Waals surface area contributed by atoms with Crippen LogP contribution in [0.3, 0.4) is 0 Å². The molecule has 0 aliphatic carbocycles. The molecule has 0 amide bonds. The van der Waals surface area contributed by atoms with Gasteiger partial charge in [-0.05, 0) is 17.7 Å². The van der Waals surface area contributed by atoms with E-state index in [1.54, 1.807) is 30.3 Å². The highest BCUT2D eigenvalue weighted by Crippen LogP contribution is 2.11. The zero-order valence-corrected chi connectivity index (χ0v) is 11.8. The van der Waals surface area contributed by atoms with E-state index in [0.717, 1.165) is 5.56 Å². The number of benzene rings is 1. The lowest BCUT2D eigenvalue weighted by molar-refractivity contribution is 0.309. The minimum absolute atomic E-state index is 0.167. The van der Waals surface area contributed by atoms with Crippen molar-refractivity contribution in [2.45, 2.75) is 11.3 Å². The van der Waals surface area contributed by atoms with E-state index < -0.39 is 9.84 Å². The van der Waals surface area contributed by atoms with E-state index in [4.69, 9.17) is 10.5 Å². The van der Waals surface area contributed by atoms with Gasteiger partial charge in [0.05, 0.1) is 11.5 Å². The second kappa shape index (κ2) is 5.87. The molecule has 2 rings (SSSR count). The van der Waals surface area contributed by atoms with Crippen LogP contribution in [0.2, 0.25) is 0 Å². The van der Waals surface area contributed by atoms with E-state index in [1.807, 2.05) is 0 Å². The molecule has 2 N–H and O–H groups in total. The molecule has 0 aliphatic rings. The zero-order valence-electron chi connectivity index (χ0n) is 11.0. The first-order valence-electron chi connectivity index (χ1n) is 5.95. The van der Waals surface area contributed by atoms with Gasteiger partial charge in [-0.1, -0.05) is 12.1 Å². The molecule has 0 spiro atoms. The van der Waals surface area contributed by atoms with Crippen LogP contribution in [-0.2, 0) is 16.3 Å². The van der Waals surface area contributed by atoms with Crippen LogP contribution in [-0.4, -0.2) is 31.2 Å². The number of sulfone groups is 1. The third-order valence-corrected chi connectivity index (χ3v) is 3.77. The molecule has 0 saturated carbocycles. The van der Waals surface area contributed by atoms with Gasteiger partial charge in [0.25, 0.3) is 0 Å². The molecule has 0 fully saturated rings. The largest absolute Gasteiger partial charge is 0.477 e. The van der Waals surface area contributed by atoms with Gasteiger partial charge >= 0.3 is 0 Å². The predicted molar refractivity (Wildman–Crippen MR) is 75.2 cm³/mol. The highest BCUT2D eigenvalue weighted by molar-refractivity contribution is 7.90. The van der Waals surface area contributed by atoms with Crippen molar-refractivity contribution in [3.8, 4) is 5.88 Å². The number of nitrogens with zero attached hydrogens (tertiary/aromatic N) is 2. The molecule has 0 radical (unpaired) electrons. The Morgan fingerprint density at radius 3 is 2.50 bits per heavy atom. The Morgan fingerprint density at radius 1 is 1.20 bits per heavy atom. The van der Waals surface area contributed by atoms with Crippen LogP contribution in [0.4, 0.5) is 5.95 Å². The molecule has 0 atom stereocenters. The quantitative estimate of drug-likeness (QED) is 0.886. The van der Waals surface area contributed by atoms with Crippen LogP contribution < -0.4 is 10.5 Å². The number of rotatable bonds is 5. The summed E-state index contributed by atoms with van der Waals surface area (Å²) in [5.74, 6) is 0.588. The van der Waals surface area contributed by atoms with Gasteiger partial charge in [-0.2, -0.15) is 4.98 Å². The topological polar surface area (TPSA) is 95.2 Å². The van der Waals surface area contributed by atoms with Crippen molar-refractivity contribution in [2.24, 2.45) is 0 Å². The molecular formula is C13H15N3O3S. The van der Waals surface area contributed by atoms with Crippen LogP contribution in [0.5, 0.6) is 5.88 Å². The molecule has 1 heterocycles. The molecule has 2 aromatic rings. The van der Waals surface area contributed by atoms with Gasteiger partial charge in [-0.15, -0.1) is 0 Å². The van der Waals surface area contributed by atoms with Crippen molar-refractivity contribution < 1.29 is 13.2 Å². The van der Waals surface area contributed by atoms with Crippen molar-refractivity contribution in [3.63, 3.8) is 0 Å². The molecule has 7 heteroatoms. The van der Waals surface area contributed by atoms with Gasteiger partial charge in [0.1, 0.15) is 0 Å². The van der Waals surface area contributed by atoms with Crippen molar-refractivity contribution in [1.82, 2.24) is 9.97 Å². The summed E-state index contributed by atoms with van der Waals surface area (Å²) in [7, 11) is -3.15. The molecule has 20 heavy (non-hydrogen) atoms. The number of anilines is 1. The Morgan fingerprint density at radius 2 is 1.90 bits per heavy atom. The summed E-state index contributed by atoms with van der Waals surface area (Å²) in [4.78, 5) is 8.00. The van der Waals surface area contributed by atoms with Crippen LogP contribution in [0, 0.1) is 0 Å². The van der Waals surface area contributed by atoms with Crippen LogP contribution in [0.1, 0.15) is 5.56 Å². The van der Waals surface area contributed by atoms with E-state index in [-0.39, 0.29) is 5.95 Å². The Balaban J connectivity index is 1.92. The van der Waals surface area contributed by atoms with E-state index in [0.29, 0.717) is 23.8 Å². The summed E-state index contributed by atoms with van der Waals surface area (Å²) in [6.07, 6.45) is 3.36. The van der Waals surface area contributed by atoms with E-state index in [2.05, 4.69) is 9.97 Å². The first-order chi connectivity index (χ1) is 9.45. The van der Waals surface area contributed by atoms with Gasteiger partial charge < -0.3 is 10.5 Å². The number of nitrogens with two attached hydrogens (primary N) is 1. The van der Waals surface area contributed by atoms with Crippen LogP contribution in [0.25, 0.3) is 0 Å². The SMILES string of the molecule is CS(=O)(=O)c1ccc(CCOc2ccnc(N)n2)cc1. The fourth-order valence-electron chi connectivity index (χ4n) is 1.61. The van der Waals surface area contributed by atoms with E-state index in [9.17, 15) is 8.42 Å². The van der Waals surface area contributed by atoms with E-state index in [1.165, 1.54) is 12.5 Å². The fourth-order valence-corrected chi connectivity index (χ4v) is 2.24. The van der Waals surface area contributed by atoms with E-state index >= 15 is 0 Å². The fraction of sp³-hybridized carbons (Fsp3) is 0.231. The molecule has 1 aromatic carbocycles. The summed E-state index contributed by atoms with van der Waals surface area (Å²) in [5.41, 5.74) is 6.43. The molecule has 0 unspecified atom stereocenters. The maximum atomic E-state index is 11.3. The normalized spacial score (nSPS) is 11.2. The maximum Gasteiger partial charge on any atom is 0.223 e. The van der Waals surface area contributed by atoms with Crippen LogP contribution >= 0.6 is 0 Å². The number of hydrogen-bond acceptors (Lipinski definition) is 6. The lowest BCUT2D eigenvalue weighted by Gasteiger charge is -2.06. The summed E-state index contributed by atoms with van der Waals surface area (Å²) >= 11 is 0.